The van der Waals surface area contributed by atoms with Crippen molar-refractivity contribution in [2.24, 2.45) is 0 Å². The molecule has 0 radical (unpaired) electrons. The molecule has 0 saturated carbocycles. The van der Waals surface area contributed by atoms with Crippen LogP contribution in [0.2, 0.25) is 0 Å². The van der Waals surface area contributed by atoms with E-state index >= 15 is 0 Å². The normalized spacial score (nSPS) is 23.4. The Balaban J connectivity index is 1.68. The number of carbonyl (C=O) groups is 2. The lowest BCUT2D eigenvalue weighted by molar-refractivity contribution is -0.144. The number of Topliss-reactive ketones (excluding diaryl/α,β-unsaturated/α-hetero) is 1. The van der Waals surface area contributed by atoms with Gasteiger partial charge in [-0.2, -0.15) is 0 Å². The van der Waals surface area contributed by atoms with E-state index in [9.17, 15) is 9.59 Å². The predicted molar refractivity (Wildman–Crippen MR) is 98.9 cm³/mol. The number of piperidine rings is 1. The Bertz CT molecular complexity index is 598. The first-order valence-corrected chi connectivity index (χ1v) is 9.45. The van der Waals surface area contributed by atoms with Crippen molar-refractivity contribution < 1.29 is 14.3 Å². The van der Waals surface area contributed by atoms with Gasteiger partial charge in [0.1, 0.15) is 11.8 Å². The molecule has 2 aliphatic heterocycles. The van der Waals surface area contributed by atoms with Gasteiger partial charge in [-0.05, 0) is 50.5 Å². The number of ether oxygens (including phenoxy) is 1. The highest BCUT2D eigenvalue weighted by Crippen LogP contribution is 2.38. The fraction of sp³-hybridized carbons (Fsp3) is 0.600. The van der Waals surface area contributed by atoms with Crippen LogP contribution in [-0.2, 0) is 14.3 Å². The quantitative estimate of drug-likeness (QED) is 0.767. The van der Waals surface area contributed by atoms with Gasteiger partial charge in [0.25, 0.3) is 0 Å². The average molecular weight is 344 g/mol. The van der Waals surface area contributed by atoms with Gasteiger partial charge in [0.15, 0.2) is 0 Å². The maximum absolute atomic E-state index is 12.1. The number of benzene rings is 1. The molecule has 3 rings (SSSR count). The maximum atomic E-state index is 12.1. The van der Waals surface area contributed by atoms with Gasteiger partial charge in [-0.3, -0.25) is 4.79 Å². The molecule has 2 bridgehead atoms. The SMILES string of the molecule is CCCC(Nc1ccc(N2C3CCC2CC(=O)C3)cc1)C(=O)OCC. The Kier molecular flexibility index (Phi) is 5.61. The molecule has 0 aromatic heterocycles. The van der Waals surface area contributed by atoms with E-state index in [4.69, 9.17) is 4.74 Å². The second kappa shape index (κ2) is 7.89. The first-order chi connectivity index (χ1) is 12.1. The highest BCUT2D eigenvalue weighted by atomic mass is 16.5. The summed E-state index contributed by atoms with van der Waals surface area (Å²) in [6, 6.07) is 8.64. The minimum Gasteiger partial charge on any atom is -0.464 e. The Morgan fingerprint density at radius 1 is 1.20 bits per heavy atom. The average Bonchev–Trinajstić information content (AvgIpc) is 2.87. The van der Waals surface area contributed by atoms with Crippen molar-refractivity contribution in [2.45, 2.75) is 70.5 Å². The first-order valence-electron chi connectivity index (χ1n) is 9.45. The van der Waals surface area contributed by atoms with Crippen molar-refractivity contribution in [3.8, 4) is 0 Å². The number of anilines is 2. The van der Waals surface area contributed by atoms with Crippen LogP contribution in [0.1, 0.15) is 52.4 Å². The highest BCUT2D eigenvalue weighted by Gasteiger charge is 2.40. The molecule has 2 aliphatic rings. The smallest absolute Gasteiger partial charge is 0.328 e. The molecule has 0 spiro atoms. The molecule has 1 aromatic carbocycles. The molecule has 0 amide bonds. The van der Waals surface area contributed by atoms with E-state index in [-0.39, 0.29) is 12.0 Å². The van der Waals surface area contributed by atoms with E-state index in [0.717, 1.165) is 31.4 Å². The Hall–Kier alpha value is -2.04. The van der Waals surface area contributed by atoms with E-state index in [1.165, 1.54) is 5.69 Å². The number of hydrogen-bond donors (Lipinski definition) is 1. The third kappa shape index (κ3) is 3.97. The summed E-state index contributed by atoms with van der Waals surface area (Å²) in [5, 5.41) is 3.29. The van der Waals surface area contributed by atoms with Gasteiger partial charge in [0.05, 0.1) is 6.61 Å². The van der Waals surface area contributed by atoms with Crippen molar-refractivity contribution in [2.75, 3.05) is 16.8 Å². The molecule has 136 valence electrons. The van der Waals surface area contributed by atoms with Crippen LogP contribution < -0.4 is 10.2 Å². The molecular weight excluding hydrogens is 316 g/mol. The zero-order valence-electron chi connectivity index (χ0n) is 15.2. The molecule has 5 nitrogen and oxygen atoms in total. The summed E-state index contributed by atoms with van der Waals surface area (Å²) < 4.78 is 5.15. The molecule has 1 N–H and O–H groups in total. The Labute approximate surface area is 149 Å². The van der Waals surface area contributed by atoms with Crippen molar-refractivity contribution >= 4 is 23.1 Å². The topological polar surface area (TPSA) is 58.6 Å². The number of hydrogen-bond acceptors (Lipinski definition) is 5. The van der Waals surface area contributed by atoms with Gasteiger partial charge in [-0.25, -0.2) is 4.79 Å². The fourth-order valence-electron chi connectivity index (χ4n) is 4.10. The minimum atomic E-state index is -0.306. The predicted octanol–water partition coefficient (Wildman–Crippen LogP) is 3.53. The lowest BCUT2D eigenvalue weighted by atomic mass is 10.0. The number of fused-ring (bicyclic) bond motifs is 2. The number of nitrogens with zero attached hydrogens (tertiary/aromatic N) is 1. The summed E-state index contributed by atoms with van der Waals surface area (Å²) in [5.41, 5.74) is 2.10. The number of carbonyl (C=O) groups excluding carboxylic acids is 2. The van der Waals surface area contributed by atoms with E-state index < -0.39 is 0 Å². The minimum absolute atomic E-state index is 0.194. The standard InChI is InChI=1S/C20H28N2O3/c1-3-5-19(20(24)25-4-2)21-14-6-8-15(9-7-14)22-16-10-11-17(22)13-18(23)12-16/h6-9,16-17,19,21H,3-5,10-13H2,1-2H3. The summed E-state index contributed by atoms with van der Waals surface area (Å²) in [5.74, 6) is 0.208. The molecule has 2 fully saturated rings. The summed E-state index contributed by atoms with van der Waals surface area (Å²) >= 11 is 0. The number of nitrogens with one attached hydrogen (secondary N) is 1. The second-order valence-corrected chi connectivity index (χ2v) is 7.02. The number of rotatable bonds is 7. The summed E-state index contributed by atoms with van der Waals surface area (Å²) in [6.45, 7) is 4.29. The molecular formula is C20H28N2O3. The van der Waals surface area contributed by atoms with Crippen molar-refractivity contribution in [3.63, 3.8) is 0 Å². The largest absolute Gasteiger partial charge is 0.464 e. The van der Waals surface area contributed by atoms with Gasteiger partial charge in [0.2, 0.25) is 0 Å². The van der Waals surface area contributed by atoms with Gasteiger partial charge >= 0.3 is 5.97 Å². The van der Waals surface area contributed by atoms with Crippen LogP contribution in [0.5, 0.6) is 0 Å². The molecule has 1 aromatic rings. The fourth-order valence-corrected chi connectivity index (χ4v) is 4.10. The van der Waals surface area contributed by atoms with Gasteiger partial charge in [-0.1, -0.05) is 13.3 Å². The molecule has 0 aliphatic carbocycles. The summed E-state index contributed by atoms with van der Waals surface area (Å²) in [4.78, 5) is 26.2. The van der Waals surface area contributed by atoms with E-state index in [2.05, 4.69) is 29.3 Å². The lowest BCUT2D eigenvalue weighted by Crippen LogP contribution is -2.43. The van der Waals surface area contributed by atoms with E-state index in [0.29, 0.717) is 37.3 Å². The second-order valence-electron chi connectivity index (χ2n) is 7.02. The van der Waals surface area contributed by atoms with Gasteiger partial charge in [0, 0.05) is 36.3 Å². The van der Waals surface area contributed by atoms with Crippen LogP contribution in [0.3, 0.4) is 0 Å². The Morgan fingerprint density at radius 2 is 1.84 bits per heavy atom. The van der Waals surface area contributed by atoms with Crippen LogP contribution in [0.25, 0.3) is 0 Å². The molecule has 2 saturated heterocycles. The number of esters is 1. The molecule has 2 heterocycles. The summed E-state index contributed by atoms with van der Waals surface area (Å²) in [6.07, 6.45) is 5.24. The van der Waals surface area contributed by atoms with Crippen LogP contribution in [0.4, 0.5) is 11.4 Å². The van der Waals surface area contributed by atoms with Crippen molar-refractivity contribution in [1.82, 2.24) is 0 Å². The third-order valence-electron chi connectivity index (χ3n) is 5.20. The lowest BCUT2D eigenvalue weighted by Gasteiger charge is -2.36. The zero-order valence-corrected chi connectivity index (χ0v) is 15.2. The van der Waals surface area contributed by atoms with Crippen LogP contribution in [-0.4, -0.2) is 36.5 Å². The molecule has 3 atom stereocenters. The highest BCUT2D eigenvalue weighted by molar-refractivity contribution is 5.83. The van der Waals surface area contributed by atoms with Crippen LogP contribution >= 0.6 is 0 Å². The Morgan fingerprint density at radius 3 is 2.40 bits per heavy atom. The van der Waals surface area contributed by atoms with E-state index in [1.807, 2.05) is 19.1 Å². The maximum Gasteiger partial charge on any atom is 0.328 e. The van der Waals surface area contributed by atoms with E-state index in [1.54, 1.807) is 0 Å². The van der Waals surface area contributed by atoms with Gasteiger partial charge in [-0.15, -0.1) is 0 Å². The van der Waals surface area contributed by atoms with Gasteiger partial charge < -0.3 is 15.0 Å². The summed E-state index contributed by atoms with van der Waals surface area (Å²) in [7, 11) is 0. The molecule has 25 heavy (non-hydrogen) atoms. The van der Waals surface area contributed by atoms with Crippen molar-refractivity contribution in [3.05, 3.63) is 24.3 Å². The zero-order chi connectivity index (χ0) is 17.8. The molecule has 3 unspecified atom stereocenters. The molecule has 5 heteroatoms. The number of ketones is 1. The van der Waals surface area contributed by atoms with Crippen LogP contribution in [0.15, 0.2) is 24.3 Å². The van der Waals surface area contributed by atoms with Crippen LogP contribution in [0, 0.1) is 0 Å². The monoisotopic (exact) mass is 344 g/mol. The first kappa shape index (κ1) is 17.8. The third-order valence-corrected chi connectivity index (χ3v) is 5.20. The van der Waals surface area contributed by atoms with Crippen molar-refractivity contribution in [1.29, 1.82) is 0 Å².